The average Bonchev–Trinajstić information content (AvgIpc) is 2.64. The largest absolute Gasteiger partial charge is 0.350 e. The van der Waals surface area contributed by atoms with Crippen molar-refractivity contribution >= 4 is 17.2 Å². The maximum atomic E-state index is 11.7. The van der Waals surface area contributed by atoms with Crippen LogP contribution in [0.1, 0.15) is 37.6 Å². The SMILES string of the molecule is CCC(C)(C)NC(=O)CNCc1sccc1C. The summed E-state index contributed by atoms with van der Waals surface area (Å²) in [6.07, 6.45) is 0.933. The molecule has 3 nitrogen and oxygen atoms in total. The molecule has 4 heteroatoms. The van der Waals surface area contributed by atoms with Gasteiger partial charge in [-0.3, -0.25) is 4.79 Å². The monoisotopic (exact) mass is 254 g/mol. The van der Waals surface area contributed by atoms with Crippen LogP contribution in [-0.4, -0.2) is 18.0 Å². The van der Waals surface area contributed by atoms with E-state index in [2.05, 4.69) is 35.9 Å². The molecule has 17 heavy (non-hydrogen) atoms. The lowest BCUT2D eigenvalue weighted by atomic mass is 10.0. The lowest BCUT2D eigenvalue weighted by Gasteiger charge is -2.24. The van der Waals surface area contributed by atoms with Crippen molar-refractivity contribution in [2.45, 2.75) is 46.2 Å². The van der Waals surface area contributed by atoms with Crippen LogP contribution in [-0.2, 0) is 11.3 Å². The summed E-state index contributed by atoms with van der Waals surface area (Å²) in [6, 6.07) is 2.10. The van der Waals surface area contributed by atoms with E-state index >= 15 is 0 Å². The Bertz CT molecular complexity index is 371. The molecule has 0 saturated heterocycles. The van der Waals surface area contributed by atoms with Crippen LogP contribution >= 0.6 is 11.3 Å². The van der Waals surface area contributed by atoms with E-state index in [1.807, 2.05) is 13.8 Å². The quantitative estimate of drug-likeness (QED) is 0.818. The van der Waals surface area contributed by atoms with Crippen LogP contribution in [0, 0.1) is 6.92 Å². The summed E-state index contributed by atoms with van der Waals surface area (Å²) < 4.78 is 0. The number of hydrogen-bond acceptors (Lipinski definition) is 3. The normalized spacial score (nSPS) is 11.5. The number of rotatable bonds is 6. The molecular weight excluding hydrogens is 232 g/mol. The smallest absolute Gasteiger partial charge is 0.234 e. The highest BCUT2D eigenvalue weighted by Crippen LogP contribution is 2.14. The minimum Gasteiger partial charge on any atom is -0.350 e. The summed E-state index contributed by atoms with van der Waals surface area (Å²) in [5, 5.41) is 8.25. The van der Waals surface area contributed by atoms with Crippen molar-refractivity contribution in [3.63, 3.8) is 0 Å². The molecule has 1 amide bonds. The average molecular weight is 254 g/mol. The number of hydrogen-bond donors (Lipinski definition) is 2. The minimum atomic E-state index is -0.113. The molecule has 0 aliphatic carbocycles. The predicted octanol–water partition coefficient (Wildman–Crippen LogP) is 2.45. The Balaban J connectivity index is 2.28. The van der Waals surface area contributed by atoms with Crippen molar-refractivity contribution < 1.29 is 4.79 Å². The second-order valence-corrected chi connectivity index (χ2v) is 5.92. The van der Waals surface area contributed by atoms with Crippen LogP contribution in [0.15, 0.2) is 11.4 Å². The third-order valence-corrected chi connectivity index (χ3v) is 3.92. The fourth-order valence-electron chi connectivity index (χ4n) is 1.38. The molecule has 0 unspecified atom stereocenters. The van der Waals surface area contributed by atoms with Gasteiger partial charge in [0.05, 0.1) is 6.54 Å². The van der Waals surface area contributed by atoms with E-state index in [-0.39, 0.29) is 11.4 Å². The van der Waals surface area contributed by atoms with Gasteiger partial charge in [0, 0.05) is 17.0 Å². The van der Waals surface area contributed by atoms with E-state index < -0.39 is 0 Å². The van der Waals surface area contributed by atoms with Crippen LogP contribution in [0.25, 0.3) is 0 Å². The van der Waals surface area contributed by atoms with E-state index in [1.165, 1.54) is 10.4 Å². The van der Waals surface area contributed by atoms with Gasteiger partial charge in [0.15, 0.2) is 0 Å². The van der Waals surface area contributed by atoms with Crippen molar-refractivity contribution in [3.05, 3.63) is 21.9 Å². The summed E-state index contributed by atoms with van der Waals surface area (Å²) in [5.41, 5.74) is 1.18. The van der Waals surface area contributed by atoms with Gasteiger partial charge in [-0.05, 0) is 44.2 Å². The number of carbonyl (C=O) groups excluding carboxylic acids is 1. The summed E-state index contributed by atoms with van der Waals surface area (Å²) in [5.74, 6) is 0.0612. The Kier molecular flexibility index (Phi) is 5.15. The number of amides is 1. The van der Waals surface area contributed by atoms with Crippen LogP contribution in [0.5, 0.6) is 0 Å². The first kappa shape index (κ1) is 14.2. The Labute approximate surface area is 108 Å². The van der Waals surface area contributed by atoms with Crippen LogP contribution in [0.3, 0.4) is 0 Å². The molecule has 0 radical (unpaired) electrons. The van der Waals surface area contributed by atoms with Gasteiger partial charge in [0.1, 0.15) is 0 Å². The lowest BCUT2D eigenvalue weighted by Crippen LogP contribution is -2.46. The molecule has 1 aromatic heterocycles. The van der Waals surface area contributed by atoms with E-state index in [1.54, 1.807) is 11.3 Å². The lowest BCUT2D eigenvalue weighted by molar-refractivity contribution is -0.121. The van der Waals surface area contributed by atoms with Gasteiger partial charge >= 0.3 is 0 Å². The minimum absolute atomic E-state index is 0.0612. The molecule has 0 aromatic carbocycles. The third kappa shape index (κ3) is 4.88. The van der Waals surface area contributed by atoms with E-state index in [4.69, 9.17) is 0 Å². The Hall–Kier alpha value is -0.870. The van der Waals surface area contributed by atoms with Crippen molar-refractivity contribution in [2.75, 3.05) is 6.54 Å². The highest BCUT2D eigenvalue weighted by Gasteiger charge is 2.17. The summed E-state index contributed by atoms with van der Waals surface area (Å²) in [4.78, 5) is 13.0. The summed E-state index contributed by atoms with van der Waals surface area (Å²) in [7, 11) is 0. The first-order valence-electron chi connectivity index (χ1n) is 5.99. The highest BCUT2D eigenvalue weighted by molar-refractivity contribution is 7.10. The first-order chi connectivity index (χ1) is 7.94. The molecule has 0 aliphatic heterocycles. The molecule has 0 bridgehead atoms. The van der Waals surface area contributed by atoms with Crippen molar-refractivity contribution in [3.8, 4) is 0 Å². The molecule has 2 N–H and O–H groups in total. The van der Waals surface area contributed by atoms with Crippen LogP contribution in [0.2, 0.25) is 0 Å². The van der Waals surface area contributed by atoms with Crippen molar-refractivity contribution in [1.82, 2.24) is 10.6 Å². The van der Waals surface area contributed by atoms with E-state index in [0.29, 0.717) is 6.54 Å². The Morgan fingerprint density at radius 1 is 1.47 bits per heavy atom. The highest BCUT2D eigenvalue weighted by atomic mass is 32.1. The summed E-state index contributed by atoms with van der Waals surface area (Å²) in [6.45, 7) is 9.38. The number of carbonyl (C=O) groups is 1. The maximum Gasteiger partial charge on any atom is 0.234 e. The second kappa shape index (κ2) is 6.17. The predicted molar refractivity (Wildman–Crippen MR) is 73.3 cm³/mol. The number of aryl methyl sites for hydroxylation is 1. The topological polar surface area (TPSA) is 41.1 Å². The molecular formula is C13H22N2OS. The van der Waals surface area contributed by atoms with Gasteiger partial charge in [-0.2, -0.15) is 0 Å². The molecule has 1 rings (SSSR count). The Morgan fingerprint density at radius 2 is 2.18 bits per heavy atom. The van der Waals surface area contributed by atoms with Crippen molar-refractivity contribution in [1.29, 1.82) is 0 Å². The molecule has 0 spiro atoms. The van der Waals surface area contributed by atoms with Gasteiger partial charge < -0.3 is 10.6 Å². The zero-order valence-electron chi connectivity index (χ0n) is 11.1. The van der Waals surface area contributed by atoms with E-state index in [9.17, 15) is 4.79 Å². The van der Waals surface area contributed by atoms with Gasteiger partial charge in [-0.1, -0.05) is 6.92 Å². The molecule has 0 fully saturated rings. The summed E-state index contributed by atoms with van der Waals surface area (Å²) >= 11 is 1.72. The molecule has 0 atom stereocenters. The zero-order chi connectivity index (χ0) is 12.9. The van der Waals surface area contributed by atoms with Crippen LogP contribution in [0.4, 0.5) is 0 Å². The molecule has 96 valence electrons. The molecule has 1 aromatic rings. The van der Waals surface area contributed by atoms with Crippen molar-refractivity contribution in [2.24, 2.45) is 0 Å². The molecule has 0 aliphatic rings. The fourth-order valence-corrected chi connectivity index (χ4v) is 2.26. The number of thiophene rings is 1. The Morgan fingerprint density at radius 3 is 2.71 bits per heavy atom. The van der Waals surface area contributed by atoms with E-state index in [0.717, 1.165) is 13.0 Å². The molecule has 0 saturated carbocycles. The standard InChI is InChI=1S/C13H22N2OS/c1-5-13(3,4)15-12(16)9-14-8-11-10(2)6-7-17-11/h6-7,14H,5,8-9H2,1-4H3,(H,15,16). The zero-order valence-corrected chi connectivity index (χ0v) is 11.9. The third-order valence-electron chi connectivity index (χ3n) is 2.90. The second-order valence-electron chi connectivity index (χ2n) is 4.92. The molecule has 1 heterocycles. The van der Waals surface area contributed by atoms with Gasteiger partial charge in [0.2, 0.25) is 5.91 Å². The first-order valence-corrected chi connectivity index (χ1v) is 6.87. The van der Waals surface area contributed by atoms with Gasteiger partial charge in [-0.15, -0.1) is 11.3 Å². The number of nitrogens with one attached hydrogen (secondary N) is 2. The van der Waals surface area contributed by atoms with Gasteiger partial charge in [0.25, 0.3) is 0 Å². The van der Waals surface area contributed by atoms with Gasteiger partial charge in [-0.25, -0.2) is 0 Å². The maximum absolute atomic E-state index is 11.7. The van der Waals surface area contributed by atoms with Crippen LogP contribution < -0.4 is 10.6 Å². The fraction of sp³-hybridized carbons (Fsp3) is 0.615.